The molecule has 2 aromatic rings. The summed E-state index contributed by atoms with van der Waals surface area (Å²) in [6.45, 7) is 1.93. The smallest absolute Gasteiger partial charge is 0.123 e. The topological polar surface area (TPSA) is 0 Å². The quantitative estimate of drug-likeness (QED) is 0.618. The molecule has 2 aromatic carbocycles. The first kappa shape index (κ1) is 15.6. The summed E-state index contributed by atoms with van der Waals surface area (Å²) in [5, 5.41) is 0.794. The van der Waals surface area contributed by atoms with Gasteiger partial charge >= 0.3 is 0 Å². The Morgan fingerprint density at radius 2 is 1.29 bits per heavy atom. The van der Waals surface area contributed by atoms with Crippen LogP contribution in [0.3, 0.4) is 0 Å². The van der Waals surface area contributed by atoms with Gasteiger partial charge in [0.1, 0.15) is 5.82 Å². The zero-order valence-electron chi connectivity index (χ0n) is 9.83. The molecule has 0 spiro atoms. The van der Waals surface area contributed by atoms with Crippen molar-refractivity contribution in [3.8, 4) is 0 Å². The Morgan fingerprint density at radius 3 is 1.59 bits per heavy atom. The van der Waals surface area contributed by atoms with E-state index >= 15 is 0 Å². The lowest BCUT2D eigenvalue weighted by molar-refractivity contribution is 0.627. The highest BCUT2D eigenvalue weighted by Gasteiger charge is 1.83. The molecule has 3 heteroatoms. The fraction of sp³-hybridized carbons (Fsp3) is 0.143. The van der Waals surface area contributed by atoms with Gasteiger partial charge in [-0.3, -0.25) is 4.39 Å². The molecular weight excluding hydrogens is 242 g/mol. The molecule has 0 radical (unpaired) electrons. The van der Waals surface area contributed by atoms with Crippen LogP contribution in [0.5, 0.6) is 0 Å². The fourth-order valence-corrected chi connectivity index (χ4v) is 1.09. The summed E-state index contributed by atoms with van der Waals surface area (Å²) in [4.78, 5) is 0. The summed E-state index contributed by atoms with van der Waals surface area (Å²) in [7, 11) is 0.500. The van der Waals surface area contributed by atoms with Crippen molar-refractivity contribution in [2.75, 3.05) is 7.18 Å². The van der Waals surface area contributed by atoms with Gasteiger partial charge in [0.15, 0.2) is 0 Å². The predicted molar refractivity (Wildman–Crippen MR) is 69.6 cm³/mol. The molecule has 0 atom stereocenters. The molecule has 0 fully saturated rings. The number of hydrogen-bond acceptors (Lipinski definition) is 0. The molecule has 0 aromatic heterocycles. The number of rotatable bonds is 0. The molecule has 0 aliphatic carbocycles. The van der Waals surface area contributed by atoms with Crippen molar-refractivity contribution in [2.45, 2.75) is 6.92 Å². The Hall–Kier alpha value is -1.41. The molecule has 0 saturated carbocycles. The van der Waals surface area contributed by atoms with Gasteiger partial charge in [0.2, 0.25) is 0 Å². The summed E-state index contributed by atoms with van der Waals surface area (Å²) in [6, 6.07) is 15.8. The summed E-state index contributed by atoms with van der Waals surface area (Å²) in [5.74, 6) is -0.171. The number of hydrogen-bond donors (Lipinski definition) is 0. The molecule has 0 amide bonds. The van der Waals surface area contributed by atoms with Crippen LogP contribution >= 0.6 is 11.6 Å². The van der Waals surface area contributed by atoms with Crippen LogP contribution in [0, 0.1) is 12.7 Å². The number of halogens is 3. The first-order valence-corrected chi connectivity index (χ1v) is 5.37. The maximum Gasteiger partial charge on any atom is 0.123 e. The highest BCUT2D eigenvalue weighted by atomic mass is 35.5. The Labute approximate surface area is 106 Å². The van der Waals surface area contributed by atoms with Crippen molar-refractivity contribution in [2.24, 2.45) is 0 Å². The van der Waals surface area contributed by atoms with Crippen molar-refractivity contribution in [3.63, 3.8) is 0 Å². The molecule has 0 aliphatic heterocycles. The molecule has 92 valence electrons. The predicted octanol–water partition coefficient (Wildman–Crippen LogP) is 5.06. The Bertz CT molecular complexity index is 364. The highest BCUT2D eigenvalue weighted by Crippen LogP contribution is 2.03. The van der Waals surface area contributed by atoms with E-state index in [0.717, 1.165) is 10.6 Å². The summed E-state index contributed by atoms with van der Waals surface area (Å²) in [6.07, 6.45) is 0. The van der Waals surface area contributed by atoms with Gasteiger partial charge in [-0.1, -0.05) is 47.5 Å². The van der Waals surface area contributed by atoms with Crippen LogP contribution in [0.1, 0.15) is 5.56 Å². The maximum atomic E-state index is 12.1. The second-order valence-corrected chi connectivity index (χ2v) is 3.53. The van der Waals surface area contributed by atoms with Crippen molar-refractivity contribution in [3.05, 3.63) is 71.0 Å². The maximum absolute atomic E-state index is 12.1. The molecule has 0 aliphatic rings. The van der Waals surface area contributed by atoms with E-state index in [0.29, 0.717) is 7.18 Å². The van der Waals surface area contributed by atoms with E-state index in [4.69, 9.17) is 11.6 Å². The van der Waals surface area contributed by atoms with Gasteiger partial charge < -0.3 is 0 Å². The molecule has 0 N–H and O–H groups in total. The van der Waals surface area contributed by atoms with E-state index in [1.165, 1.54) is 12.1 Å². The number of alkyl halides is 1. The largest absolute Gasteiger partial charge is 0.255 e. The van der Waals surface area contributed by atoms with E-state index in [1.807, 2.05) is 37.3 Å². The SMILES string of the molecule is CF.Cc1ccc(F)cc1.Clc1ccccc1. The standard InChI is InChI=1S/C7H7F.C6H5Cl.CH3F/c1-6-2-4-7(8)5-3-6;7-6-4-2-1-3-5-6;1-2/h2-5H,1H3;1-5H;1H3. The minimum Gasteiger partial charge on any atom is -0.255 e. The molecule has 17 heavy (non-hydrogen) atoms. The second kappa shape index (κ2) is 9.79. The first-order chi connectivity index (χ1) is 8.18. The number of aryl methyl sites for hydroxylation is 1. The van der Waals surface area contributed by atoms with Crippen LogP contribution in [0.2, 0.25) is 5.02 Å². The number of benzene rings is 2. The van der Waals surface area contributed by atoms with Gasteiger partial charge in [-0.25, -0.2) is 4.39 Å². The lowest BCUT2D eigenvalue weighted by Crippen LogP contribution is -1.71. The lowest BCUT2D eigenvalue weighted by atomic mass is 10.2. The monoisotopic (exact) mass is 256 g/mol. The van der Waals surface area contributed by atoms with Crippen LogP contribution in [-0.2, 0) is 0 Å². The van der Waals surface area contributed by atoms with Crippen molar-refractivity contribution in [1.82, 2.24) is 0 Å². The Morgan fingerprint density at radius 1 is 0.824 bits per heavy atom. The van der Waals surface area contributed by atoms with Crippen LogP contribution in [0.4, 0.5) is 8.78 Å². The van der Waals surface area contributed by atoms with Gasteiger partial charge in [-0.15, -0.1) is 0 Å². The van der Waals surface area contributed by atoms with Gasteiger partial charge in [-0.2, -0.15) is 0 Å². The van der Waals surface area contributed by atoms with E-state index in [1.54, 1.807) is 12.1 Å². The minimum atomic E-state index is -0.171. The van der Waals surface area contributed by atoms with E-state index in [9.17, 15) is 8.78 Å². The van der Waals surface area contributed by atoms with Crippen LogP contribution in [0.15, 0.2) is 54.6 Å². The van der Waals surface area contributed by atoms with Crippen molar-refractivity contribution in [1.29, 1.82) is 0 Å². The Balaban J connectivity index is 0.000000265. The fourth-order valence-electron chi connectivity index (χ4n) is 0.948. The average molecular weight is 257 g/mol. The zero-order valence-corrected chi connectivity index (χ0v) is 10.6. The van der Waals surface area contributed by atoms with E-state index in [2.05, 4.69) is 0 Å². The summed E-state index contributed by atoms with van der Waals surface area (Å²) >= 11 is 5.54. The molecule has 2 rings (SSSR count). The van der Waals surface area contributed by atoms with E-state index < -0.39 is 0 Å². The molecule has 0 unspecified atom stereocenters. The third-order valence-electron chi connectivity index (χ3n) is 1.74. The lowest BCUT2D eigenvalue weighted by Gasteiger charge is -1.87. The third kappa shape index (κ3) is 8.40. The normalized spacial score (nSPS) is 8.29. The highest BCUT2D eigenvalue weighted by molar-refractivity contribution is 6.30. The molecular formula is C14H15ClF2. The Kier molecular flexibility index (Phi) is 8.98. The van der Waals surface area contributed by atoms with Crippen molar-refractivity contribution < 1.29 is 8.78 Å². The van der Waals surface area contributed by atoms with E-state index in [-0.39, 0.29) is 5.82 Å². The van der Waals surface area contributed by atoms with Crippen LogP contribution in [0.25, 0.3) is 0 Å². The summed E-state index contributed by atoms with van der Waals surface area (Å²) < 4.78 is 21.6. The molecule has 0 bridgehead atoms. The minimum absolute atomic E-state index is 0.171. The van der Waals surface area contributed by atoms with Gasteiger partial charge in [0.25, 0.3) is 0 Å². The zero-order chi connectivity index (χ0) is 13.1. The third-order valence-corrected chi connectivity index (χ3v) is 2.00. The summed E-state index contributed by atoms with van der Waals surface area (Å²) in [5.41, 5.74) is 1.09. The van der Waals surface area contributed by atoms with Gasteiger partial charge in [-0.05, 0) is 31.2 Å². The molecule has 0 nitrogen and oxygen atoms in total. The average Bonchev–Trinajstić information content (AvgIpc) is 2.37. The molecule has 0 heterocycles. The first-order valence-electron chi connectivity index (χ1n) is 4.99. The van der Waals surface area contributed by atoms with Gasteiger partial charge in [0, 0.05) is 5.02 Å². The molecule has 0 saturated heterocycles. The second-order valence-electron chi connectivity index (χ2n) is 3.09. The van der Waals surface area contributed by atoms with Crippen molar-refractivity contribution >= 4 is 11.6 Å². The van der Waals surface area contributed by atoms with Crippen LogP contribution in [-0.4, -0.2) is 7.18 Å². The van der Waals surface area contributed by atoms with Gasteiger partial charge in [0.05, 0.1) is 7.18 Å². The van der Waals surface area contributed by atoms with Crippen LogP contribution < -0.4 is 0 Å².